The summed E-state index contributed by atoms with van der Waals surface area (Å²) in [4.78, 5) is 11.7. The van der Waals surface area contributed by atoms with Crippen molar-refractivity contribution in [3.8, 4) is 0 Å². The number of aryl methyl sites for hydroxylation is 1. The van der Waals surface area contributed by atoms with Crippen LogP contribution >= 0.6 is 27.5 Å². The SMILES string of the molecule is Cc1cc(Cl)ccc1NCC(=O)NN=Cc1ccc(Br)cc1. The Morgan fingerprint density at radius 3 is 2.68 bits per heavy atom. The average Bonchev–Trinajstić information content (AvgIpc) is 2.48. The number of carbonyl (C=O) groups is 1. The van der Waals surface area contributed by atoms with Crippen LogP contribution in [0.1, 0.15) is 11.1 Å². The van der Waals surface area contributed by atoms with Gasteiger partial charge in [-0.3, -0.25) is 4.79 Å². The van der Waals surface area contributed by atoms with Crippen LogP contribution in [-0.4, -0.2) is 18.7 Å². The third-order valence-corrected chi connectivity index (χ3v) is 3.66. The normalized spacial score (nSPS) is 10.7. The zero-order valence-electron chi connectivity index (χ0n) is 11.9. The molecule has 0 aromatic heterocycles. The molecule has 4 nitrogen and oxygen atoms in total. The Morgan fingerprint density at radius 2 is 2.00 bits per heavy atom. The van der Waals surface area contributed by atoms with Crippen LogP contribution in [0.4, 0.5) is 5.69 Å². The van der Waals surface area contributed by atoms with E-state index in [2.05, 4.69) is 31.8 Å². The molecule has 1 amide bonds. The first-order valence-corrected chi connectivity index (χ1v) is 7.79. The minimum absolute atomic E-state index is 0.139. The molecule has 0 aliphatic heterocycles. The van der Waals surface area contributed by atoms with Crippen molar-refractivity contribution in [2.45, 2.75) is 6.92 Å². The molecule has 0 atom stereocenters. The summed E-state index contributed by atoms with van der Waals surface area (Å²) in [6, 6.07) is 13.1. The van der Waals surface area contributed by atoms with Crippen LogP contribution in [0.5, 0.6) is 0 Å². The highest BCUT2D eigenvalue weighted by atomic mass is 79.9. The van der Waals surface area contributed by atoms with E-state index in [1.807, 2.05) is 43.3 Å². The van der Waals surface area contributed by atoms with E-state index in [1.165, 1.54) is 0 Å². The second kappa shape index (κ2) is 7.96. The summed E-state index contributed by atoms with van der Waals surface area (Å²) >= 11 is 9.25. The topological polar surface area (TPSA) is 53.5 Å². The molecule has 0 aliphatic rings. The maximum absolute atomic E-state index is 11.7. The molecule has 0 unspecified atom stereocenters. The van der Waals surface area contributed by atoms with E-state index in [-0.39, 0.29) is 12.5 Å². The van der Waals surface area contributed by atoms with E-state index in [0.29, 0.717) is 5.02 Å². The molecule has 0 radical (unpaired) electrons. The van der Waals surface area contributed by atoms with Crippen LogP contribution in [0.25, 0.3) is 0 Å². The van der Waals surface area contributed by atoms with Gasteiger partial charge < -0.3 is 5.32 Å². The van der Waals surface area contributed by atoms with Gasteiger partial charge in [-0.15, -0.1) is 0 Å². The lowest BCUT2D eigenvalue weighted by molar-refractivity contribution is -0.119. The maximum Gasteiger partial charge on any atom is 0.259 e. The molecular weight excluding hydrogens is 366 g/mol. The van der Waals surface area contributed by atoms with Crippen molar-refractivity contribution in [1.29, 1.82) is 0 Å². The van der Waals surface area contributed by atoms with Gasteiger partial charge in [-0.1, -0.05) is 39.7 Å². The number of halogens is 2. The van der Waals surface area contributed by atoms with Crippen LogP contribution in [0.15, 0.2) is 52.0 Å². The van der Waals surface area contributed by atoms with E-state index in [4.69, 9.17) is 11.6 Å². The number of nitrogens with one attached hydrogen (secondary N) is 2. The summed E-state index contributed by atoms with van der Waals surface area (Å²) in [5.41, 5.74) is 5.24. The van der Waals surface area contributed by atoms with Crippen molar-refractivity contribution in [3.63, 3.8) is 0 Å². The second-order valence-corrected chi connectivity index (χ2v) is 6.01. The number of amides is 1. The smallest absolute Gasteiger partial charge is 0.259 e. The third-order valence-electron chi connectivity index (χ3n) is 2.90. The Bertz CT molecular complexity index is 686. The largest absolute Gasteiger partial charge is 0.376 e. The Morgan fingerprint density at radius 1 is 1.27 bits per heavy atom. The number of carbonyl (C=O) groups excluding carboxylic acids is 1. The van der Waals surface area contributed by atoms with E-state index in [9.17, 15) is 4.79 Å². The van der Waals surface area contributed by atoms with Crippen LogP contribution in [0, 0.1) is 6.92 Å². The number of benzene rings is 2. The van der Waals surface area contributed by atoms with Gasteiger partial charge in [-0.25, -0.2) is 5.43 Å². The maximum atomic E-state index is 11.7. The molecular formula is C16H15BrClN3O. The minimum Gasteiger partial charge on any atom is -0.376 e. The monoisotopic (exact) mass is 379 g/mol. The number of hydrogen-bond acceptors (Lipinski definition) is 3. The highest BCUT2D eigenvalue weighted by molar-refractivity contribution is 9.10. The zero-order valence-corrected chi connectivity index (χ0v) is 14.3. The zero-order chi connectivity index (χ0) is 15.9. The Kier molecular flexibility index (Phi) is 5.98. The number of hydrazone groups is 1. The van der Waals surface area contributed by atoms with Crippen molar-refractivity contribution >= 4 is 45.3 Å². The molecule has 2 aromatic carbocycles. The lowest BCUT2D eigenvalue weighted by Crippen LogP contribution is -2.26. The van der Waals surface area contributed by atoms with Crippen molar-refractivity contribution in [3.05, 3.63) is 63.1 Å². The molecule has 0 fully saturated rings. The molecule has 114 valence electrons. The molecule has 0 aliphatic carbocycles. The first kappa shape index (κ1) is 16.5. The second-order valence-electron chi connectivity index (χ2n) is 4.66. The molecule has 0 spiro atoms. The molecule has 2 N–H and O–H groups in total. The van der Waals surface area contributed by atoms with Crippen molar-refractivity contribution in [1.82, 2.24) is 5.43 Å². The predicted molar refractivity (Wildman–Crippen MR) is 94.6 cm³/mol. The molecule has 0 saturated heterocycles. The molecule has 0 bridgehead atoms. The van der Waals surface area contributed by atoms with Gasteiger partial charge in [0.25, 0.3) is 5.91 Å². The fourth-order valence-electron chi connectivity index (χ4n) is 1.77. The van der Waals surface area contributed by atoms with E-state index >= 15 is 0 Å². The Labute approximate surface area is 142 Å². The summed E-state index contributed by atoms with van der Waals surface area (Å²) in [5.74, 6) is -0.220. The van der Waals surface area contributed by atoms with Gasteiger partial charge >= 0.3 is 0 Å². The highest BCUT2D eigenvalue weighted by Gasteiger charge is 2.02. The van der Waals surface area contributed by atoms with Gasteiger partial charge in [0.1, 0.15) is 0 Å². The first-order chi connectivity index (χ1) is 10.5. The average molecular weight is 381 g/mol. The lowest BCUT2D eigenvalue weighted by Gasteiger charge is -2.08. The van der Waals surface area contributed by atoms with E-state index in [1.54, 1.807) is 12.3 Å². The predicted octanol–water partition coefficient (Wildman–Crippen LogP) is 3.97. The fraction of sp³-hybridized carbons (Fsp3) is 0.125. The number of hydrogen-bond donors (Lipinski definition) is 2. The number of anilines is 1. The molecule has 0 heterocycles. The van der Waals surface area contributed by atoms with Crippen molar-refractivity contribution in [2.75, 3.05) is 11.9 Å². The van der Waals surface area contributed by atoms with Gasteiger partial charge in [0, 0.05) is 15.2 Å². The van der Waals surface area contributed by atoms with Crippen LogP contribution in [0.3, 0.4) is 0 Å². The summed E-state index contributed by atoms with van der Waals surface area (Å²) in [5, 5.41) is 7.64. The van der Waals surface area contributed by atoms with Crippen LogP contribution < -0.4 is 10.7 Å². The summed E-state index contributed by atoms with van der Waals surface area (Å²) in [7, 11) is 0. The lowest BCUT2D eigenvalue weighted by atomic mass is 10.2. The van der Waals surface area contributed by atoms with Gasteiger partial charge in [0.05, 0.1) is 12.8 Å². The fourth-order valence-corrected chi connectivity index (χ4v) is 2.26. The summed E-state index contributed by atoms with van der Waals surface area (Å²) in [6.45, 7) is 2.07. The minimum atomic E-state index is -0.220. The van der Waals surface area contributed by atoms with Gasteiger partial charge in [0.15, 0.2) is 0 Å². The van der Waals surface area contributed by atoms with E-state index < -0.39 is 0 Å². The molecule has 2 aromatic rings. The Hall–Kier alpha value is -1.85. The quantitative estimate of drug-likeness (QED) is 0.609. The molecule has 6 heteroatoms. The highest BCUT2D eigenvalue weighted by Crippen LogP contribution is 2.19. The third kappa shape index (κ3) is 5.16. The van der Waals surface area contributed by atoms with Gasteiger partial charge in [-0.2, -0.15) is 5.10 Å². The molecule has 0 saturated carbocycles. The van der Waals surface area contributed by atoms with Gasteiger partial charge in [-0.05, 0) is 48.4 Å². The molecule has 22 heavy (non-hydrogen) atoms. The first-order valence-electron chi connectivity index (χ1n) is 6.62. The van der Waals surface area contributed by atoms with Gasteiger partial charge in [0.2, 0.25) is 0 Å². The van der Waals surface area contributed by atoms with Crippen molar-refractivity contribution < 1.29 is 4.79 Å². The standard InChI is InChI=1S/C16H15BrClN3O/c1-11-8-14(18)6-7-15(11)19-10-16(22)21-20-9-12-2-4-13(17)5-3-12/h2-9,19H,10H2,1H3,(H,21,22). The Balaban J connectivity index is 1.81. The van der Waals surface area contributed by atoms with Crippen LogP contribution in [-0.2, 0) is 4.79 Å². The number of rotatable bonds is 5. The summed E-state index contributed by atoms with van der Waals surface area (Å²) in [6.07, 6.45) is 1.60. The van der Waals surface area contributed by atoms with Crippen LogP contribution in [0.2, 0.25) is 5.02 Å². The summed E-state index contributed by atoms with van der Waals surface area (Å²) < 4.78 is 0.996. The van der Waals surface area contributed by atoms with E-state index in [0.717, 1.165) is 21.3 Å². The molecule has 2 rings (SSSR count). The van der Waals surface area contributed by atoms with Crippen molar-refractivity contribution in [2.24, 2.45) is 5.10 Å². The number of nitrogens with zero attached hydrogens (tertiary/aromatic N) is 1.